The van der Waals surface area contributed by atoms with Gasteiger partial charge in [-0.15, -0.1) is 0 Å². The summed E-state index contributed by atoms with van der Waals surface area (Å²) in [6.45, 7) is 6.21. The first-order valence-electron chi connectivity index (χ1n) is 9.93. The number of hydrogen-bond acceptors (Lipinski definition) is 3. The van der Waals surface area contributed by atoms with Crippen LogP contribution in [-0.2, 0) is 10.0 Å². The number of anilines is 1. The molecule has 2 aromatic carbocycles. The zero-order valence-electron chi connectivity index (χ0n) is 17.0. The largest absolute Gasteiger partial charge is 0.322 e. The lowest BCUT2D eigenvalue weighted by Crippen LogP contribution is -2.43. The Labute approximate surface area is 172 Å². The zero-order valence-corrected chi connectivity index (χ0v) is 17.9. The molecule has 156 valence electrons. The van der Waals surface area contributed by atoms with Crippen LogP contribution in [-0.4, -0.2) is 31.2 Å². The molecule has 0 aliphatic carbocycles. The third-order valence-corrected chi connectivity index (χ3v) is 7.26. The quantitative estimate of drug-likeness (QED) is 0.769. The van der Waals surface area contributed by atoms with Crippen molar-refractivity contribution in [3.8, 4) is 0 Å². The van der Waals surface area contributed by atoms with Gasteiger partial charge in [-0.3, -0.25) is 4.79 Å². The minimum atomic E-state index is -3.80. The Morgan fingerprint density at radius 1 is 1.14 bits per heavy atom. The van der Waals surface area contributed by atoms with Crippen molar-refractivity contribution < 1.29 is 17.6 Å². The molecular weight excluding hydrogens is 391 g/mol. The Kier molecular flexibility index (Phi) is 6.39. The number of piperidine rings is 1. The van der Waals surface area contributed by atoms with E-state index in [2.05, 4.69) is 5.32 Å². The first-order chi connectivity index (χ1) is 13.7. The van der Waals surface area contributed by atoms with E-state index in [-0.39, 0.29) is 16.5 Å². The third kappa shape index (κ3) is 4.67. The van der Waals surface area contributed by atoms with Gasteiger partial charge in [0.05, 0.1) is 10.5 Å². The second kappa shape index (κ2) is 8.63. The smallest absolute Gasteiger partial charge is 0.258 e. The van der Waals surface area contributed by atoms with Crippen LogP contribution in [0.4, 0.5) is 10.1 Å². The zero-order chi connectivity index (χ0) is 21.2. The summed E-state index contributed by atoms with van der Waals surface area (Å²) < 4.78 is 42.2. The van der Waals surface area contributed by atoms with Gasteiger partial charge in [0.2, 0.25) is 10.0 Å². The first-order valence-corrected chi connectivity index (χ1v) is 11.4. The molecule has 0 saturated carbocycles. The summed E-state index contributed by atoms with van der Waals surface area (Å²) in [6, 6.07) is 8.89. The number of carbonyl (C=O) groups is 1. The lowest BCUT2D eigenvalue weighted by atomic mass is 10.0. The van der Waals surface area contributed by atoms with E-state index in [1.54, 1.807) is 12.1 Å². The van der Waals surface area contributed by atoms with Crippen LogP contribution < -0.4 is 5.32 Å². The van der Waals surface area contributed by atoms with E-state index in [4.69, 9.17) is 0 Å². The number of amides is 1. The molecular formula is C22H27FN2O3S. The topological polar surface area (TPSA) is 66.5 Å². The summed E-state index contributed by atoms with van der Waals surface area (Å²) >= 11 is 0. The Bertz CT molecular complexity index is 1000. The van der Waals surface area contributed by atoms with Crippen LogP contribution in [0.5, 0.6) is 0 Å². The van der Waals surface area contributed by atoms with E-state index in [1.807, 2.05) is 26.8 Å². The predicted molar refractivity (Wildman–Crippen MR) is 112 cm³/mol. The molecule has 1 amide bonds. The van der Waals surface area contributed by atoms with Crippen LogP contribution in [0.1, 0.15) is 54.1 Å². The van der Waals surface area contributed by atoms with Crippen molar-refractivity contribution in [3.05, 3.63) is 58.9 Å². The van der Waals surface area contributed by atoms with Crippen molar-refractivity contribution in [3.63, 3.8) is 0 Å². The van der Waals surface area contributed by atoms with Crippen molar-refractivity contribution in [2.45, 2.75) is 57.4 Å². The minimum Gasteiger partial charge on any atom is -0.322 e. The van der Waals surface area contributed by atoms with Crippen molar-refractivity contribution >= 4 is 21.6 Å². The predicted octanol–water partition coefficient (Wildman–Crippen LogP) is 4.65. The van der Waals surface area contributed by atoms with Crippen LogP contribution in [0, 0.1) is 19.7 Å². The van der Waals surface area contributed by atoms with Crippen LogP contribution >= 0.6 is 0 Å². The van der Waals surface area contributed by atoms with Crippen molar-refractivity contribution in [1.82, 2.24) is 4.31 Å². The number of benzene rings is 2. The molecule has 1 aliphatic rings. The summed E-state index contributed by atoms with van der Waals surface area (Å²) in [5, 5.41) is 2.67. The van der Waals surface area contributed by atoms with Crippen LogP contribution in [0.25, 0.3) is 0 Å². The molecule has 5 nitrogen and oxygen atoms in total. The van der Waals surface area contributed by atoms with Crippen molar-refractivity contribution in [2.75, 3.05) is 11.9 Å². The highest BCUT2D eigenvalue weighted by Crippen LogP contribution is 2.28. The van der Waals surface area contributed by atoms with Gasteiger partial charge in [0.1, 0.15) is 5.82 Å². The summed E-state index contributed by atoms with van der Waals surface area (Å²) in [5.41, 5.74) is 2.19. The fourth-order valence-electron chi connectivity index (χ4n) is 3.92. The number of sulfonamides is 1. The molecule has 1 atom stereocenters. The minimum absolute atomic E-state index is 0.0511. The number of aryl methyl sites for hydroxylation is 2. The molecule has 0 aromatic heterocycles. The van der Waals surface area contributed by atoms with Gasteiger partial charge in [0.25, 0.3) is 5.91 Å². The van der Waals surface area contributed by atoms with Gasteiger partial charge in [-0.1, -0.05) is 19.4 Å². The highest BCUT2D eigenvalue weighted by molar-refractivity contribution is 7.89. The SMILES string of the molecule is CC[C@@H]1CCCCN1S(=O)(=O)c1ccc(F)c(C(=O)Nc2cc(C)cc(C)c2)c1. The Hall–Kier alpha value is -2.25. The maximum atomic E-state index is 14.4. The molecule has 2 aromatic rings. The van der Waals surface area contributed by atoms with Crippen molar-refractivity contribution in [2.24, 2.45) is 0 Å². The van der Waals surface area contributed by atoms with Gasteiger partial charge in [0, 0.05) is 18.3 Å². The molecule has 3 rings (SSSR count). The number of rotatable bonds is 5. The molecule has 1 heterocycles. The van der Waals surface area contributed by atoms with E-state index in [0.717, 1.165) is 48.9 Å². The average molecular weight is 419 g/mol. The highest BCUT2D eigenvalue weighted by Gasteiger charge is 2.33. The Morgan fingerprint density at radius 2 is 1.83 bits per heavy atom. The molecule has 0 bridgehead atoms. The van der Waals surface area contributed by atoms with Crippen molar-refractivity contribution in [1.29, 1.82) is 0 Å². The van der Waals surface area contributed by atoms with Crippen LogP contribution in [0.3, 0.4) is 0 Å². The molecule has 0 spiro atoms. The first kappa shape index (κ1) is 21.5. The van der Waals surface area contributed by atoms with Gasteiger partial charge in [0.15, 0.2) is 0 Å². The van der Waals surface area contributed by atoms with E-state index < -0.39 is 21.7 Å². The number of halogens is 1. The third-order valence-electron chi connectivity index (χ3n) is 5.31. The maximum absolute atomic E-state index is 14.4. The lowest BCUT2D eigenvalue weighted by Gasteiger charge is -2.34. The number of carbonyl (C=O) groups excluding carboxylic acids is 1. The van der Waals surface area contributed by atoms with Gasteiger partial charge >= 0.3 is 0 Å². The molecule has 0 radical (unpaired) electrons. The fraction of sp³-hybridized carbons (Fsp3) is 0.409. The lowest BCUT2D eigenvalue weighted by molar-refractivity contribution is 0.102. The molecule has 7 heteroatoms. The summed E-state index contributed by atoms with van der Waals surface area (Å²) in [6.07, 6.45) is 3.34. The van der Waals surface area contributed by atoms with E-state index >= 15 is 0 Å². The summed E-state index contributed by atoms with van der Waals surface area (Å²) in [7, 11) is -3.80. The standard InChI is InChI=1S/C22H27FN2O3S/c1-4-18-7-5-6-10-25(18)29(27,28)19-8-9-21(23)20(14-19)22(26)24-17-12-15(2)11-16(3)13-17/h8-9,11-14,18H,4-7,10H2,1-3H3,(H,24,26)/t18-/m1/s1. The summed E-state index contributed by atoms with van der Waals surface area (Å²) in [4.78, 5) is 12.6. The van der Waals surface area contributed by atoms with Gasteiger partial charge < -0.3 is 5.32 Å². The van der Waals surface area contributed by atoms with Gasteiger partial charge in [-0.2, -0.15) is 4.31 Å². The highest BCUT2D eigenvalue weighted by atomic mass is 32.2. The average Bonchev–Trinajstić information content (AvgIpc) is 2.67. The molecule has 29 heavy (non-hydrogen) atoms. The fourth-order valence-corrected chi connectivity index (χ4v) is 5.71. The monoisotopic (exact) mass is 418 g/mol. The molecule has 1 fully saturated rings. The number of hydrogen-bond donors (Lipinski definition) is 1. The van der Waals surface area contributed by atoms with Gasteiger partial charge in [-0.05, 0) is 74.6 Å². The molecule has 0 unspecified atom stereocenters. The Balaban J connectivity index is 1.92. The molecule has 1 aliphatic heterocycles. The maximum Gasteiger partial charge on any atom is 0.258 e. The van der Waals surface area contributed by atoms with E-state index in [1.165, 1.54) is 10.4 Å². The van der Waals surface area contributed by atoms with Crippen LogP contribution in [0.15, 0.2) is 41.3 Å². The Morgan fingerprint density at radius 3 is 2.48 bits per heavy atom. The van der Waals surface area contributed by atoms with Crippen LogP contribution in [0.2, 0.25) is 0 Å². The molecule has 1 saturated heterocycles. The second-order valence-corrected chi connectivity index (χ2v) is 9.54. The van der Waals surface area contributed by atoms with E-state index in [9.17, 15) is 17.6 Å². The number of nitrogens with zero attached hydrogens (tertiary/aromatic N) is 1. The normalized spacial score (nSPS) is 17.9. The second-order valence-electron chi connectivity index (χ2n) is 7.65. The molecule has 1 N–H and O–H groups in total. The number of nitrogens with one attached hydrogen (secondary N) is 1. The van der Waals surface area contributed by atoms with E-state index in [0.29, 0.717) is 12.2 Å². The summed E-state index contributed by atoms with van der Waals surface area (Å²) in [5.74, 6) is -1.42. The van der Waals surface area contributed by atoms with Gasteiger partial charge in [-0.25, -0.2) is 12.8 Å².